The lowest BCUT2D eigenvalue weighted by atomic mass is 9.80. The van der Waals surface area contributed by atoms with Gasteiger partial charge in [-0.25, -0.2) is 13.6 Å². The molecule has 1 aromatic heterocycles. The zero-order chi connectivity index (χ0) is 23.2. The van der Waals surface area contributed by atoms with Crippen molar-refractivity contribution in [2.45, 2.75) is 50.0 Å². The van der Waals surface area contributed by atoms with Crippen LogP contribution < -0.4 is 14.9 Å². The summed E-state index contributed by atoms with van der Waals surface area (Å²) in [7, 11) is -1.58. The fraction of sp³-hybridized carbons (Fsp3) is 0.421. The molecule has 12 heteroatoms. The van der Waals surface area contributed by atoms with Crippen molar-refractivity contribution in [3.05, 3.63) is 41.8 Å². The molecule has 0 saturated carbocycles. The van der Waals surface area contributed by atoms with E-state index in [1.807, 2.05) is 27.7 Å². The first-order valence-corrected chi connectivity index (χ1v) is 10.3. The van der Waals surface area contributed by atoms with E-state index in [-0.39, 0.29) is 16.5 Å². The zero-order valence-electron chi connectivity index (χ0n) is 17.5. The number of nitrogens with one attached hydrogen (secondary N) is 1. The van der Waals surface area contributed by atoms with Gasteiger partial charge in [0.25, 0.3) is 0 Å². The minimum Gasteiger partial charge on any atom is -0.480 e. The van der Waals surface area contributed by atoms with Crippen LogP contribution in [0.2, 0.25) is 0 Å². The molecule has 1 aliphatic heterocycles. The molecular weight excluding hydrogens is 439 g/mol. The van der Waals surface area contributed by atoms with Crippen LogP contribution in [-0.4, -0.2) is 34.6 Å². The van der Waals surface area contributed by atoms with Gasteiger partial charge in [0.2, 0.25) is 5.88 Å². The van der Waals surface area contributed by atoms with Crippen molar-refractivity contribution in [3.63, 3.8) is 0 Å². The Hall–Kier alpha value is -2.18. The lowest BCUT2D eigenvalue weighted by Crippen LogP contribution is -2.41. The number of nitrogens with zero attached hydrogens (tertiary/aromatic N) is 1. The van der Waals surface area contributed by atoms with E-state index in [1.54, 1.807) is 0 Å². The Morgan fingerprint density at radius 1 is 1.13 bits per heavy atom. The number of alkyl halides is 3. The monoisotopic (exact) mass is 460 g/mol. The quantitative estimate of drug-likeness (QED) is 0.545. The minimum absolute atomic E-state index is 0.0618. The number of hydrogen-bond donors (Lipinski definition) is 1. The molecule has 1 atom stereocenters. The molecule has 168 valence electrons. The van der Waals surface area contributed by atoms with Gasteiger partial charge in [-0.15, -0.1) is 0 Å². The Bertz CT molecular complexity index is 1000. The van der Waals surface area contributed by atoms with Crippen molar-refractivity contribution in [2.75, 3.05) is 11.8 Å². The largest absolute Gasteiger partial charge is 0.496 e. The third-order valence-corrected chi connectivity index (χ3v) is 6.34. The average molecular weight is 460 g/mol. The van der Waals surface area contributed by atoms with Crippen molar-refractivity contribution >= 4 is 29.3 Å². The van der Waals surface area contributed by atoms with E-state index in [1.165, 1.54) is 19.4 Å². The molecule has 0 radical (unpaired) electrons. The van der Waals surface area contributed by atoms with E-state index >= 15 is 0 Å². The molecule has 1 unspecified atom stereocenters. The number of benzene rings is 1. The maximum Gasteiger partial charge on any atom is 0.496 e. The first-order chi connectivity index (χ1) is 14.2. The van der Waals surface area contributed by atoms with Gasteiger partial charge in [-0.3, -0.25) is 4.72 Å². The van der Waals surface area contributed by atoms with Gasteiger partial charge >= 0.3 is 13.3 Å². The van der Waals surface area contributed by atoms with E-state index in [4.69, 9.17) is 14.0 Å². The van der Waals surface area contributed by atoms with Crippen LogP contribution >= 0.6 is 0 Å². The fourth-order valence-corrected chi connectivity index (χ4v) is 3.69. The van der Waals surface area contributed by atoms with Gasteiger partial charge < -0.3 is 14.0 Å². The van der Waals surface area contributed by atoms with E-state index in [9.17, 15) is 21.8 Å². The number of pyridine rings is 1. The minimum atomic E-state index is -4.92. The van der Waals surface area contributed by atoms with Crippen LogP contribution in [0.4, 0.5) is 23.2 Å². The SMILES string of the molecule is COc1ncc(B2OC(C)(C)C(C)(C)O2)cc1NS(=O)c1ccc(F)c(C(F)(F)F)c1. The van der Waals surface area contributed by atoms with Crippen molar-refractivity contribution < 1.29 is 35.8 Å². The van der Waals surface area contributed by atoms with E-state index < -0.39 is 46.9 Å². The first-order valence-electron chi connectivity index (χ1n) is 9.20. The standard InChI is InChI=1S/C19H21BF4N2O4S/c1-17(2)18(3,4)30-20(29-17)11-8-15(16(28-5)25-10-11)26-31(27)12-6-7-14(21)13(9-12)19(22,23)24/h6-10,26H,1-5H3. The second-order valence-corrected chi connectivity index (χ2v) is 9.14. The number of hydrogen-bond acceptors (Lipinski definition) is 5. The number of aromatic nitrogens is 1. The highest BCUT2D eigenvalue weighted by Crippen LogP contribution is 2.37. The summed E-state index contributed by atoms with van der Waals surface area (Å²) in [4.78, 5) is 3.87. The zero-order valence-corrected chi connectivity index (χ0v) is 18.3. The van der Waals surface area contributed by atoms with Crippen LogP contribution in [0, 0.1) is 5.82 Å². The molecule has 1 fully saturated rings. The Labute approximate surface area is 180 Å². The molecule has 1 N–H and O–H groups in total. The highest BCUT2D eigenvalue weighted by atomic mass is 32.2. The van der Waals surface area contributed by atoms with Gasteiger partial charge in [0.15, 0.2) is 0 Å². The molecule has 31 heavy (non-hydrogen) atoms. The number of methoxy groups -OCH3 is 1. The van der Waals surface area contributed by atoms with Gasteiger partial charge in [0.05, 0.1) is 28.8 Å². The van der Waals surface area contributed by atoms with Gasteiger partial charge in [-0.05, 0) is 52.0 Å². The summed E-state index contributed by atoms with van der Waals surface area (Å²) in [6.45, 7) is 7.52. The van der Waals surface area contributed by atoms with Crippen molar-refractivity contribution in [1.29, 1.82) is 0 Å². The summed E-state index contributed by atoms with van der Waals surface area (Å²) in [5.41, 5.74) is -2.07. The molecule has 0 amide bonds. The van der Waals surface area contributed by atoms with Crippen LogP contribution in [0.25, 0.3) is 0 Å². The number of halogens is 4. The summed E-state index contributed by atoms with van der Waals surface area (Å²) in [5, 5.41) is 0. The molecule has 2 heterocycles. The van der Waals surface area contributed by atoms with E-state index in [0.29, 0.717) is 17.6 Å². The molecule has 1 aromatic carbocycles. The Balaban J connectivity index is 1.90. The highest BCUT2D eigenvalue weighted by Gasteiger charge is 2.52. The molecule has 1 aliphatic rings. The van der Waals surface area contributed by atoms with Gasteiger partial charge in [0.1, 0.15) is 22.5 Å². The Morgan fingerprint density at radius 3 is 2.29 bits per heavy atom. The topological polar surface area (TPSA) is 69.7 Å². The molecule has 2 aromatic rings. The predicted molar refractivity (Wildman–Crippen MR) is 108 cm³/mol. The van der Waals surface area contributed by atoms with E-state index in [0.717, 1.165) is 6.07 Å². The van der Waals surface area contributed by atoms with Crippen molar-refractivity contribution in [1.82, 2.24) is 4.98 Å². The molecule has 6 nitrogen and oxygen atoms in total. The number of anilines is 1. The van der Waals surface area contributed by atoms with Crippen LogP contribution in [0.3, 0.4) is 0 Å². The molecule has 0 spiro atoms. The maximum absolute atomic E-state index is 13.5. The molecular formula is C19H21BF4N2O4S. The van der Waals surface area contributed by atoms with Crippen LogP contribution in [-0.2, 0) is 26.5 Å². The Kier molecular flexibility index (Phi) is 6.11. The Morgan fingerprint density at radius 2 is 1.74 bits per heavy atom. The molecule has 0 aliphatic carbocycles. The predicted octanol–water partition coefficient (Wildman–Crippen LogP) is 3.68. The van der Waals surface area contributed by atoms with Crippen LogP contribution in [0.15, 0.2) is 35.4 Å². The third-order valence-electron chi connectivity index (χ3n) is 5.25. The summed E-state index contributed by atoms with van der Waals surface area (Å²) in [6, 6.07) is 3.65. The fourth-order valence-electron chi connectivity index (χ4n) is 2.81. The van der Waals surface area contributed by atoms with Crippen molar-refractivity contribution in [2.24, 2.45) is 0 Å². The number of ether oxygens (including phenoxy) is 1. The second kappa shape index (κ2) is 8.07. The van der Waals surface area contributed by atoms with Crippen LogP contribution in [0.5, 0.6) is 5.88 Å². The first kappa shape index (κ1) is 23.5. The summed E-state index contributed by atoms with van der Waals surface area (Å²) in [5.74, 6) is -1.39. The van der Waals surface area contributed by atoms with E-state index in [2.05, 4.69) is 9.71 Å². The number of rotatable bonds is 5. The maximum atomic E-state index is 13.5. The van der Waals surface area contributed by atoms with Gasteiger partial charge in [-0.2, -0.15) is 13.2 Å². The highest BCUT2D eigenvalue weighted by molar-refractivity contribution is 7.86. The summed E-state index contributed by atoms with van der Waals surface area (Å²) in [6.07, 6.45) is -3.45. The summed E-state index contributed by atoms with van der Waals surface area (Å²) < 4.78 is 84.8. The molecule has 0 bridgehead atoms. The lowest BCUT2D eigenvalue weighted by molar-refractivity contribution is -0.140. The lowest BCUT2D eigenvalue weighted by Gasteiger charge is -2.32. The second-order valence-electron chi connectivity index (χ2n) is 7.92. The van der Waals surface area contributed by atoms with Gasteiger partial charge in [-0.1, -0.05) is 0 Å². The van der Waals surface area contributed by atoms with Crippen LogP contribution in [0.1, 0.15) is 33.3 Å². The third kappa shape index (κ3) is 4.70. The summed E-state index contributed by atoms with van der Waals surface area (Å²) >= 11 is 0. The average Bonchev–Trinajstić information content (AvgIpc) is 2.88. The van der Waals surface area contributed by atoms with Crippen molar-refractivity contribution in [3.8, 4) is 5.88 Å². The van der Waals surface area contributed by atoms with Gasteiger partial charge in [0, 0.05) is 11.7 Å². The molecule has 3 rings (SSSR count). The normalized spacial score (nSPS) is 18.7. The smallest absolute Gasteiger partial charge is 0.480 e. The molecule has 1 saturated heterocycles.